The van der Waals surface area contributed by atoms with E-state index in [9.17, 15) is 9.59 Å². The summed E-state index contributed by atoms with van der Waals surface area (Å²) in [6.45, 7) is 5.86. The molecule has 0 saturated carbocycles. The van der Waals surface area contributed by atoms with Crippen molar-refractivity contribution in [1.29, 1.82) is 0 Å². The van der Waals surface area contributed by atoms with E-state index in [1.807, 2.05) is 61.5 Å². The molecule has 6 nitrogen and oxygen atoms in total. The van der Waals surface area contributed by atoms with Crippen molar-refractivity contribution in [3.63, 3.8) is 0 Å². The van der Waals surface area contributed by atoms with Crippen LogP contribution in [0.2, 0.25) is 0 Å². The minimum atomic E-state index is -0.656. The third-order valence-corrected chi connectivity index (χ3v) is 4.54. The van der Waals surface area contributed by atoms with Gasteiger partial charge in [0.25, 0.3) is 0 Å². The molecule has 2 aromatic carbocycles. The molecule has 0 aromatic heterocycles. The van der Waals surface area contributed by atoms with Crippen LogP contribution in [0.3, 0.4) is 0 Å². The molecule has 0 fully saturated rings. The van der Waals surface area contributed by atoms with E-state index >= 15 is 0 Å². The molecule has 0 bridgehead atoms. The highest BCUT2D eigenvalue weighted by atomic mass is 16.5. The van der Waals surface area contributed by atoms with Crippen molar-refractivity contribution < 1.29 is 19.1 Å². The van der Waals surface area contributed by atoms with Crippen LogP contribution in [0.25, 0.3) is 0 Å². The smallest absolute Gasteiger partial charge is 0.338 e. The average Bonchev–Trinajstić information content (AvgIpc) is 2.72. The van der Waals surface area contributed by atoms with Crippen molar-refractivity contribution in [2.45, 2.75) is 45.9 Å². The lowest BCUT2D eigenvalue weighted by molar-refractivity contribution is -0.143. The molecule has 6 heteroatoms. The Morgan fingerprint density at radius 1 is 1.07 bits per heavy atom. The predicted molar refractivity (Wildman–Crippen MR) is 110 cm³/mol. The van der Waals surface area contributed by atoms with Crippen molar-refractivity contribution in [2.75, 3.05) is 0 Å². The Balaban J connectivity index is 1.96. The van der Waals surface area contributed by atoms with Gasteiger partial charge in [0, 0.05) is 11.3 Å². The lowest BCUT2D eigenvalue weighted by atomic mass is 9.93. The van der Waals surface area contributed by atoms with Gasteiger partial charge in [0.2, 0.25) is 0 Å². The summed E-state index contributed by atoms with van der Waals surface area (Å²) in [5, 5.41) is 5.59. The van der Waals surface area contributed by atoms with Crippen LogP contribution in [0.4, 0.5) is 4.79 Å². The van der Waals surface area contributed by atoms with E-state index in [0.717, 1.165) is 5.56 Å². The summed E-state index contributed by atoms with van der Waals surface area (Å²) >= 11 is 0. The van der Waals surface area contributed by atoms with E-state index in [0.29, 0.717) is 35.6 Å². The monoisotopic (exact) mass is 394 g/mol. The molecular weight excluding hydrogens is 368 g/mol. The zero-order chi connectivity index (χ0) is 20.8. The quantitative estimate of drug-likeness (QED) is 0.689. The number of para-hydroxylation sites is 1. The number of carbonyl (C=O) groups excluding carboxylic acids is 2. The summed E-state index contributed by atoms with van der Waals surface area (Å²) < 4.78 is 11.5. The molecule has 2 N–H and O–H groups in total. The first-order chi connectivity index (χ1) is 14.0. The second-order valence-electron chi connectivity index (χ2n) is 7.04. The Kier molecular flexibility index (Phi) is 6.54. The zero-order valence-electron chi connectivity index (χ0n) is 16.9. The molecule has 2 aromatic rings. The molecular formula is C23H26N2O4. The summed E-state index contributed by atoms with van der Waals surface area (Å²) in [5.41, 5.74) is 2.69. The molecule has 1 atom stereocenters. The van der Waals surface area contributed by atoms with Crippen molar-refractivity contribution in [1.82, 2.24) is 10.6 Å². The Hall–Kier alpha value is -3.28. The minimum Gasteiger partial charge on any atom is -0.489 e. The molecule has 152 valence electrons. The van der Waals surface area contributed by atoms with Gasteiger partial charge in [-0.1, -0.05) is 55.5 Å². The molecule has 2 amide bonds. The van der Waals surface area contributed by atoms with Crippen LogP contribution < -0.4 is 15.4 Å². The van der Waals surface area contributed by atoms with Gasteiger partial charge in [-0.2, -0.15) is 0 Å². The van der Waals surface area contributed by atoms with E-state index in [2.05, 4.69) is 10.6 Å². The van der Waals surface area contributed by atoms with Crippen molar-refractivity contribution in [3.8, 4) is 5.75 Å². The van der Waals surface area contributed by atoms with Crippen molar-refractivity contribution in [3.05, 3.63) is 77.0 Å². The van der Waals surface area contributed by atoms with Crippen LogP contribution >= 0.6 is 0 Å². The molecule has 0 aliphatic carbocycles. The average molecular weight is 394 g/mol. The first-order valence-corrected chi connectivity index (χ1v) is 9.76. The third kappa shape index (κ3) is 4.96. The van der Waals surface area contributed by atoms with Gasteiger partial charge in [-0.3, -0.25) is 0 Å². The highest BCUT2D eigenvalue weighted by molar-refractivity contribution is 5.95. The Morgan fingerprint density at radius 2 is 1.76 bits per heavy atom. The summed E-state index contributed by atoms with van der Waals surface area (Å²) in [6.07, 6.45) is 0.232. The van der Waals surface area contributed by atoms with Gasteiger partial charge in [0.1, 0.15) is 12.4 Å². The van der Waals surface area contributed by atoms with Gasteiger partial charge in [-0.05, 0) is 31.9 Å². The topological polar surface area (TPSA) is 76.7 Å². The molecule has 29 heavy (non-hydrogen) atoms. The van der Waals surface area contributed by atoms with Crippen LogP contribution in [-0.2, 0) is 16.1 Å². The molecule has 1 aliphatic heterocycles. The zero-order valence-corrected chi connectivity index (χ0v) is 16.9. The number of rotatable bonds is 7. The molecule has 0 saturated heterocycles. The highest BCUT2D eigenvalue weighted by Gasteiger charge is 2.35. The maximum absolute atomic E-state index is 12.8. The largest absolute Gasteiger partial charge is 0.489 e. The van der Waals surface area contributed by atoms with Crippen LogP contribution in [0.1, 0.15) is 44.4 Å². The Morgan fingerprint density at radius 3 is 2.45 bits per heavy atom. The third-order valence-electron chi connectivity index (χ3n) is 4.54. The van der Waals surface area contributed by atoms with Crippen LogP contribution in [0, 0.1) is 0 Å². The maximum atomic E-state index is 12.8. The lowest BCUT2D eigenvalue weighted by Crippen LogP contribution is -2.46. The van der Waals surface area contributed by atoms with E-state index in [1.165, 1.54) is 0 Å². The first-order valence-electron chi connectivity index (χ1n) is 9.76. The number of ether oxygens (including phenoxy) is 2. The highest BCUT2D eigenvalue weighted by Crippen LogP contribution is 2.34. The molecule has 1 heterocycles. The van der Waals surface area contributed by atoms with Gasteiger partial charge < -0.3 is 20.1 Å². The van der Waals surface area contributed by atoms with Gasteiger partial charge in [-0.25, -0.2) is 9.59 Å². The summed E-state index contributed by atoms with van der Waals surface area (Å²) in [7, 11) is 0. The Labute approximate surface area is 170 Å². The normalized spacial score (nSPS) is 16.3. The minimum absolute atomic E-state index is 0.268. The number of allylic oxidation sites excluding steroid dienone is 1. The second-order valence-corrected chi connectivity index (χ2v) is 7.04. The van der Waals surface area contributed by atoms with Gasteiger partial charge in [-0.15, -0.1) is 0 Å². The number of amides is 2. The van der Waals surface area contributed by atoms with E-state index in [-0.39, 0.29) is 12.1 Å². The fourth-order valence-electron chi connectivity index (χ4n) is 3.23. The standard InChI is InChI=1S/C23H26N2O4/c1-4-18-20(22(26)29-15(2)3)21(25-23(27)24-18)17-12-8-9-13-19(17)28-14-16-10-6-5-7-11-16/h5-13,15,21H,4,14H2,1-3H3,(H2,24,25,27). The molecule has 3 rings (SSSR count). The number of hydrogen-bond donors (Lipinski definition) is 2. The molecule has 0 radical (unpaired) electrons. The molecule has 1 unspecified atom stereocenters. The molecule has 1 aliphatic rings. The predicted octanol–water partition coefficient (Wildman–Crippen LogP) is 4.24. The van der Waals surface area contributed by atoms with E-state index < -0.39 is 12.0 Å². The van der Waals surface area contributed by atoms with Gasteiger partial charge in [0.15, 0.2) is 0 Å². The number of carbonyl (C=O) groups is 2. The number of urea groups is 1. The van der Waals surface area contributed by atoms with Gasteiger partial charge >= 0.3 is 12.0 Å². The fourth-order valence-corrected chi connectivity index (χ4v) is 3.23. The number of esters is 1. The summed E-state index contributed by atoms with van der Waals surface area (Å²) in [6, 6.07) is 16.2. The van der Waals surface area contributed by atoms with E-state index in [1.54, 1.807) is 13.8 Å². The Bertz CT molecular complexity index is 906. The summed E-state index contributed by atoms with van der Waals surface area (Å²) in [4.78, 5) is 25.1. The SMILES string of the molecule is CCC1=C(C(=O)OC(C)C)C(c2ccccc2OCc2ccccc2)NC(=O)N1. The van der Waals surface area contributed by atoms with Crippen molar-refractivity contribution >= 4 is 12.0 Å². The van der Waals surface area contributed by atoms with Crippen LogP contribution in [0.5, 0.6) is 5.75 Å². The number of benzene rings is 2. The number of nitrogens with one attached hydrogen (secondary N) is 2. The second kappa shape index (κ2) is 9.28. The van der Waals surface area contributed by atoms with Crippen LogP contribution in [0.15, 0.2) is 65.9 Å². The van der Waals surface area contributed by atoms with Crippen LogP contribution in [-0.4, -0.2) is 18.1 Å². The summed E-state index contributed by atoms with van der Waals surface area (Å²) in [5.74, 6) is 0.154. The maximum Gasteiger partial charge on any atom is 0.338 e. The molecule has 0 spiro atoms. The van der Waals surface area contributed by atoms with Gasteiger partial charge in [0.05, 0.1) is 17.7 Å². The first kappa shape index (κ1) is 20.5. The fraction of sp³-hybridized carbons (Fsp3) is 0.304. The number of hydrogen-bond acceptors (Lipinski definition) is 4. The lowest BCUT2D eigenvalue weighted by Gasteiger charge is -2.30. The van der Waals surface area contributed by atoms with Crippen molar-refractivity contribution in [2.24, 2.45) is 0 Å². The van der Waals surface area contributed by atoms with E-state index in [4.69, 9.17) is 9.47 Å².